The highest BCUT2D eigenvalue weighted by Crippen LogP contribution is 2.16. The summed E-state index contributed by atoms with van der Waals surface area (Å²) in [4.78, 5) is 22.9. The van der Waals surface area contributed by atoms with Crippen molar-refractivity contribution in [3.8, 4) is 0 Å². The molecule has 1 atom stereocenters. The number of hydrogen-bond donors (Lipinski definition) is 1. The predicted molar refractivity (Wildman–Crippen MR) is 81.7 cm³/mol. The Labute approximate surface area is 126 Å². The molecular formula is C17H24O4. The van der Waals surface area contributed by atoms with Gasteiger partial charge in [0.15, 0.2) is 0 Å². The third kappa shape index (κ3) is 5.21. The highest BCUT2D eigenvalue weighted by molar-refractivity contribution is 5.94. The van der Waals surface area contributed by atoms with E-state index in [0.29, 0.717) is 23.7 Å². The second-order valence-electron chi connectivity index (χ2n) is 5.35. The van der Waals surface area contributed by atoms with Gasteiger partial charge in [-0.1, -0.05) is 33.1 Å². The van der Waals surface area contributed by atoms with Crippen LogP contribution < -0.4 is 0 Å². The number of unbranched alkanes of at least 4 members (excludes halogenated alkanes) is 1. The lowest BCUT2D eigenvalue weighted by Crippen LogP contribution is -2.15. The first-order chi connectivity index (χ1) is 9.99. The Morgan fingerprint density at radius 2 is 2.00 bits per heavy atom. The Bertz CT molecular complexity index is 494. The van der Waals surface area contributed by atoms with Crippen molar-refractivity contribution in [3.05, 3.63) is 34.9 Å². The molecule has 1 rings (SSSR count). The van der Waals surface area contributed by atoms with E-state index in [4.69, 9.17) is 9.84 Å². The molecule has 4 heteroatoms. The van der Waals surface area contributed by atoms with Crippen LogP contribution >= 0.6 is 0 Å². The van der Waals surface area contributed by atoms with Crippen molar-refractivity contribution >= 4 is 11.9 Å². The van der Waals surface area contributed by atoms with Gasteiger partial charge in [-0.2, -0.15) is 0 Å². The van der Waals surface area contributed by atoms with Crippen LogP contribution in [-0.2, 0) is 4.74 Å². The minimum atomic E-state index is -0.997. The molecule has 0 saturated heterocycles. The molecule has 0 aromatic heterocycles. The van der Waals surface area contributed by atoms with Crippen LogP contribution in [0.1, 0.15) is 65.8 Å². The quantitative estimate of drug-likeness (QED) is 0.734. The lowest BCUT2D eigenvalue weighted by Gasteiger charge is -2.15. The molecule has 1 N–H and O–H groups in total. The molecule has 116 valence electrons. The maximum absolute atomic E-state index is 12.1. The predicted octanol–water partition coefficient (Wildman–Crippen LogP) is 4.07. The maximum Gasteiger partial charge on any atom is 0.338 e. The summed E-state index contributed by atoms with van der Waals surface area (Å²) in [5.74, 6) is -0.976. The molecule has 1 aromatic carbocycles. The molecule has 21 heavy (non-hydrogen) atoms. The first-order valence-corrected chi connectivity index (χ1v) is 7.50. The van der Waals surface area contributed by atoms with Crippen LogP contribution in [0.5, 0.6) is 0 Å². The summed E-state index contributed by atoms with van der Waals surface area (Å²) in [6, 6.07) is 4.45. The number of carboxylic acids is 1. The number of aromatic carboxylic acids is 1. The van der Waals surface area contributed by atoms with E-state index >= 15 is 0 Å². The third-order valence-corrected chi connectivity index (χ3v) is 3.69. The molecule has 0 bridgehead atoms. The second kappa shape index (κ2) is 8.45. The van der Waals surface area contributed by atoms with Crippen LogP contribution in [0.2, 0.25) is 0 Å². The molecular weight excluding hydrogens is 268 g/mol. The van der Waals surface area contributed by atoms with Gasteiger partial charge in [-0.15, -0.1) is 0 Å². The average Bonchev–Trinajstić information content (AvgIpc) is 2.46. The zero-order valence-corrected chi connectivity index (χ0v) is 13.0. The molecule has 0 fully saturated rings. The van der Waals surface area contributed by atoms with Gasteiger partial charge in [-0.05, 0) is 43.0 Å². The fourth-order valence-electron chi connectivity index (χ4n) is 2.20. The summed E-state index contributed by atoms with van der Waals surface area (Å²) in [6.45, 7) is 6.39. The van der Waals surface area contributed by atoms with Crippen molar-refractivity contribution in [3.63, 3.8) is 0 Å². The molecule has 4 nitrogen and oxygen atoms in total. The van der Waals surface area contributed by atoms with Gasteiger partial charge in [0.2, 0.25) is 0 Å². The molecule has 0 heterocycles. The van der Waals surface area contributed by atoms with Crippen molar-refractivity contribution in [2.24, 2.45) is 5.92 Å². The lowest BCUT2D eigenvalue weighted by molar-refractivity contribution is 0.0426. The van der Waals surface area contributed by atoms with E-state index in [1.54, 1.807) is 6.92 Å². The molecule has 0 amide bonds. The summed E-state index contributed by atoms with van der Waals surface area (Å²) in [6.07, 6.45) is 4.34. The first-order valence-electron chi connectivity index (χ1n) is 7.50. The van der Waals surface area contributed by atoms with E-state index in [-0.39, 0.29) is 11.5 Å². The Morgan fingerprint density at radius 3 is 2.52 bits per heavy atom. The molecule has 0 saturated carbocycles. The standard InChI is InChI=1S/C17H24O4/c1-4-6-7-13(5-2)11-21-17(20)15-9-8-14(16(18)19)10-12(15)3/h8-10,13H,4-7,11H2,1-3H3,(H,18,19). The van der Waals surface area contributed by atoms with E-state index in [2.05, 4.69) is 13.8 Å². The van der Waals surface area contributed by atoms with Crippen molar-refractivity contribution in [2.45, 2.75) is 46.5 Å². The Morgan fingerprint density at radius 1 is 1.29 bits per heavy atom. The summed E-state index contributed by atoms with van der Waals surface area (Å²) in [7, 11) is 0. The Kier molecular flexibility index (Phi) is 6.92. The van der Waals surface area contributed by atoms with Gasteiger partial charge in [-0.3, -0.25) is 0 Å². The van der Waals surface area contributed by atoms with Crippen molar-refractivity contribution < 1.29 is 19.4 Å². The van der Waals surface area contributed by atoms with Crippen molar-refractivity contribution in [1.82, 2.24) is 0 Å². The van der Waals surface area contributed by atoms with Gasteiger partial charge in [0.25, 0.3) is 0 Å². The monoisotopic (exact) mass is 292 g/mol. The maximum atomic E-state index is 12.1. The summed E-state index contributed by atoms with van der Waals surface area (Å²) >= 11 is 0. The van der Waals surface area contributed by atoms with Gasteiger partial charge in [0.05, 0.1) is 17.7 Å². The van der Waals surface area contributed by atoms with Crippen LogP contribution in [0, 0.1) is 12.8 Å². The third-order valence-electron chi connectivity index (χ3n) is 3.69. The van der Waals surface area contributed by atoms with E-state index in [1.165, 1.54) is 18.2 Å². The Balaban J connectivity index is 2.65. The fourth-order valence-corrected chi connectivity index (χ4v) is 2.20. The van der Waals surface area contributed by atoms with Crippen LogP contribution in [0.3, 0.4) is 0 Å². The molecule has 1 aromatic rings. The molecule has 0 aliphatic carbocycles. The van der Waals surface area contributed by atoms with E-state index in [1.807, 2.05) is 0 Å². The van der Waals surface area contributed by atoms with Gasteiger partial charge >= 0.3 is 11.9 Å². The van der Waals surface area contributed by atoms with E-state index < -0.39 is 5.97 Å². The molecule has 1 unspecified atom stereocenters. The average molecular weight is 292 g/mol. The normalized spacial score (nSPS) is 12.0. The van der Waals surface area contributed by atoms with E-state index in [0.717, 1.165) is 25.7 Å². The summed E-state index contributed by atoms with van der Waals surface area (Å²) < 4.78 is 5.37. The highest BCUT2D eigenvalue weighted by atomic mass is 16.5. The topological polar surface area (TPSA) is 63.6 Å². The Hall–Kier alpha value is -1.84. The minimum Gasteiger partial charge on any atom is -0.478 e. The van der Waals surface area contributed by atoms with Crippen LogP contribution in [0.15, 0.2) is 18.2 Å². The number of hydrogen-bond acceptors (Lipinski definition) is 3. The van der Waals surface area contributed by atoms with Crippen molar-refractivity contribution in [1.29, 1.82) is 0 Å². The number of carboxylic acid groups (broad SMARTS) is 1. The highest BCUT2D eigenvalue weighted by Gasteiger charge is 2.15. The number of carbonyl (C=O) groups excluding carboxylic acids is 1. The first kappa shape index (κ1) is 17.2. The lowest BCUT2D eigenvalue weighted by atomic mass is 10.0. The second-order valence-corrected chi connectivity index (χ2v) is 5.35. The number of benzene rings is 1. The largest absolute Gasteiger partial charge is 0.478 e. The number of aryl methyl sites for hydroxylation is 1. The number of esters is 1. The van der Waals surface area contributed by atoms with Crippen LogP contribution in [0.4, 0.5) is 0 Å². The van der Waals surface area contributed by atoms with Gasteiger partial charge in [0, 0.05) is 0 Å². The number of carbonyl (C=O) groups is 2. The number of ether oxygens (including phenoxy) is 1. The zero-order chi connectivity index (χ0) is 15.8. The zero-order valence-electron chi connectivity index (χ0n) is 13.0. The molecule has 0 aliphatic heterocycles. The van der Waals surface area contributed by atoms with Gasteiger partial charge in [-0.25, -0.2) is 9.59 Å². The van der Waals surface area contributed by atoms with E-state index in [9.17, 15) is 9.59 Å². The smallest absolute Gasteiger partial charge is 0.338 e. The van der Waals surface area contributed by atoms with Gasteiger partial charge in [0.1, 0.15) is 0 Å². The molecule has 0 aliphatic rings. The number of rotatable bonds is 8. The SMILES string of the molecule is CCCCC(CC)COC(=O)c1ccc(C(=O)O)cc1C. The fraction of sp³-hybridized carbons (Fsp3) is 0.529. The molecule has 0 radical (unpaired) electrons. The minimum absolute atomic E-state index is 0.179. The molecule has 0 spiro atoms. The van der Waals surface area contributed by atoms with Crippen LogP contribution in [0.25, 0.3) is 0 Å². The van der Waals surface area contributed by atoms with Gasteiger partial charge < -0.3 is 9.84 Å². The van der Waals surface area contributed by atoms with Crippen LogP contribution in [-0.4, -0.2) is 23.7 Å². The summed E-state index contributed by atoms with van der Waals surface area (Å²) in [5.41, 5.74) is 1.24. The van der Waals surface area contributed by atoms with Crippen molar-refractivity contribution in [2.75, 3.05) is 6.61 Å². The summed E-state index contributed by atoms with van der Waals surface area (Å²) in [5, 5.41) is 8.91.